The van der Waals surface area contributed by atoms with Gasteiger partial charge in [-0.3, -0.25) is 14.4 Å². The number of carbonyl (C=O) groups excluding carboxylic acids is 3. The second kappa shape index (κ2) is 13.8. The quantitative estimate of drug-likeness (QED) is 0.298. The number of methoxy groups -OCH3 is 2. The summed E-state index contributed by atoms with van der Waals surface area (Å²) in [5.41, 5.74) is 0.935. The summed E-state index contributed by atoms with van der Waals surface area (Å²) in [6.45, 7) is 3.84. The van der Waals surface area contributed by atoms with Crippen LogP contribution in [0.25, 0.3) is 0 Å². The Morgan fingerprint density at radius 3 is 2.46 bits per heavy atom. The average molecular weight is 574 g/mol. The zero-order valence-electron chi connectivity index (χ0n) is 21.8. The summed E-state index contributed by atoms with van der Waals surface area (Å²) < 4.78 is 21.4. The molecule has 2 N–H and O–H groups in total. The van der Waals surface area contributed by atoms with Gasteiger partial charge in [0.2, 0.25) is 11.8 Å². The first-order chi connectivity index (χ1) is 18.8. The molecule has 10 nitrogen and oxygen atoms in total. The Morgan fingerprint density at radius 1 is 1.10 bits per heavy atom. The summed E-state index contributed by atoms with van der Waals surface area (Å²) in [4.78, 5) is 38.9. The normalized spacial score (nSPS) is 16.6. The van der Waals surface area contributed by atoms with Gasteiger partial charge in [0.15, 0.2) is 0 Å². The van der Waals surface area contributed by atoms with Crippen LogP contribution in [0.4, 0.5) is 5.69 Å². The van der Waals surface area contributed by atoms with Crippen LogP contribution in [0.1, 0.15) is 25.3 Å². The van der Waals surface area contributed by atoms with Crippen LogP contribution in [-0.4, -0.2) is 51.0 Å². The van der Waals surface area contributed by atoms with Gasteiger partial charge < -0.3 is 29.6 Å². The summed E-state index contributed by atoms with van der Waals surface area (Å²) in [6.07, 6.45) is 0. The van der Waals surface area contributed by atoms with Gasteiger partial charge in [0.1, 0.15) is 23.2 Å². The third-order valence-electron chi connectivity index (χ3n) is 5.72. The molecule has 0 radical (unpaired) electrons. The molecule has 0 aromatic heterocycles. The Balaban J connectivity index is 1.95. The van der Waals surface area contributed by atoms with E-state index in [1.54, 1.807) is 38.1 Å². The fourth-order valence-electron chi connectivity index (χ4n) is 4.07. The van der Waals surface area contributed by atoms with Crippen molar-refractivity contribution in [3.8, 4) is 23.3 Å². The number of benzene rings is 2. The van der Waals surface area contributed by atoms with Crippen molar-refractivity contribution in [2.75, 3.05) is 38.5 Å². The highest BCUT2D eigenvalue weighted by atomic mass is 35.5. The van der Waals surface area contributed by atoms with E-state index in [9.17, 15) is 19.6 Å². The highest BCUT2D eigenvalue weighted by Crippen LogP contribution is 2.43. The molecule has 0 bridgehead atoms. The Bertz CT molecular complexity index is 1320. The molecule has 2 atom stereocenters. The monoisotopic (exact) mass is 573 g/mol. The van der Waals surface area contributed by atoms with Crippen LogP contribution >= 0.6 is 23.4 Å². The highest BCUT2D eigenvalue weighted by Gasteiger charge is 2.45. The van der Waals surface area contributed by atoms with E-state index in [0.717, 1.165) is 11.8 Å². The first-order valence-electron chi connectivity index (χ1n) is 12.0. The maximum absolute atomic E-state index is 13.2. The molecule has 3 rings (SSSR count). The smallest absolute Gasteiger partial charge is 0.319 e. The van der Waals surface area contributed by atoms with Gasteiger partial charge >= 0.3 is 5.97 Å². The van der Waals surface area contributed by atoms with Crippen molar-refractivity contribution in [2.24, 2.45) is 5.92 Å². The van der Waals surface area contributed by atoms with Gasteiger partial charge in [-0.05, 0) is 19.9 Å². The average Bonchev–Trinajstić information content (AvgIpc) is 2.92. The lowest BCUT2D eigenvalue weighted by Gasteiger charge is -2.32. The van der Waals surface area contributed by atoms with Crippen molar-refractivity contribution in [1.82, 2.24) is 5.32 Å². The number of ether oxygens (including phenoxy) is 4. The third-order valence-corrected chi connectivity index (χ3v) is 7.03. The fourth-order valence-corrected chi connectivity index (χ4v) is 5.15. The van der Waals surface area contributed by atoms with Gasteiger partial charge in [-0.2, -0.15) is 5.26 Å². The molecular weight excluding hydrogens is 546 g/mol. The van der Waals surface area contributed by atoms with Crippen molar-refractivity contribution in [2.45, 2.75) is 19.8 Å². The van der Waals surface area contributed by atoms with Crippen LogP contribution in [0.5, 0.6) is 17.2 Å². The minimum absolute atomic E-state index is 0.0643. The molecule has 12 heteroatoms. The number of allylic oxidation sites excluding steroid dienone is 1. The SMILES string of the molecule is CCOC(=O)C1C(=O)NC(SCC(=O)Nc2cc(OC)c(Cl)cc2OC)=C(C#N)C1c1ccccc1OCC. The Morgan fingerprint density at radius 2 is 1.82 bits per heavy atom. The van der Waals surface area contributed by atoms with E-state index in [1.807, 2.05) is 0 Å². The van der Waals surface area contributed by atoms with Crippen LogP contribution in [0.3, 0.4) is 0 Å². The first kappa shape index (κ1) is 29.7. The first-order valence-corrected chi connectivity index (χ1v) is 13.3. The van der Waals surface area contributed by atoms with E-state index >= 15 is 0 Å². The predicted molar refractivity (Wildman–Crippen MR) is 147 cm³/mol. The second-order valence-corrected chi connectivity index (χ2v) is 9.44. The lowest BCUT2D eigenvalue weighted by molar-refractivity contribution is -0.152. The molecule has 0 fully saturated rings. The van der Waals surface area contributed by atoms with Crippen LogP contribution in [0, 0.1) is 17.2 Å². The molecule has 1 aliphatic rings. The maximum atomic E-state index is 13.2. The van der Waals surface area contributed by atoms with Crippen LogP contribution in [0.15, 0.2) is 47.0 Å². The van der Waals surface area contributed by atoms with Gasteiger partial charge in [-0.15, -0.1) is 0 Å². The van der Waals surface area contributed by atoms with Crippen LogP contribution < -0.4 is 24.8 Å². The molecule has 2 aromatic carbocycles. The minimum atomic E-state index is -1.31. The number of hydrogen-bond donors (Lipinski definition) is 2. The Kier molecular flexibility index (Phi) is 10.5. The fraction of sp³-hybridized carbons (Fsp3) is 0.333. The van der Waals surface area contributed by atoms with Gasteiger partial charge in [0.05, 0.1) is 60.6 Å². The molecule has 39 heavy (non-hydrogen) atoms. The molecule has 206 valence electrons. The number of rotatable bonds is 11. The maximum Gasteiger partial charge on any atom is 0.319 e. The number of para-hydroxylation sites is 1. The standard InChI is InChI=1S/C27H28ClN3O7S/c1-5-37-19-10-8-7-9-15(19)23-16(13-29)26(31-25(33)24(23)27(34)38-6-2)39-14-22(32)30-18-12-20(35-3)17(28)11-21(18)36-4/h7-12,23-24H,5-6,14H2,1-4H3,(H,30,32)(H,31,33). The number of hydrogen-bond acceptors (Lipinski definition) is 9. The summed E-state index contributed by atoms with van der Waals surface area (Å²) in [6, 6.07) is 12.1. The van der Waals surface area contributed by atoms with Crippen LogP contribution in [0.2, 0.25) is 5.02 Å². The van der Waals surface area contributed by atoms with Crippen molar-refractivity contribution >= 4 is 46.8 Å². The van der Waals surface area contributed by atoms with Gasteiger partial charge in [-0.25, -0.2) is 0 Å². The zero-order chi connectivity index (χ0) is 28.5. The number of nitrogens with zero attached hydrogens (tertiary/aromatic N) is 1. The number of nitriles is 1. The summed E-state index contributed by atoms with van der Waals surface area (Å²) in [7, 11) is 2.88. The molecule has 2 amide bonds. The van der Waals surface area contributed by atoms with Crippen LogP contribution in [-0.2, 0) is 19.1 Å². The zero-order valence-corrected chi connectivity index (χ0v) is 23.4. The molecule has 0 saturated heterocycles. The van der Waals surface area contributed by atoms with E-state index in [0.29, 0.717) is 40.1 Å². The number of amides is 2. The molecule has 0 spiro atoms. The highest BCUT2D eigenvalue weighted by molar-refractivity contribution is 8.03. The van der Waals surface area contributed by atoms with Gasteiger partial charge in [0, 0.05) is 23.6 Å². The number of thioether (sulfide) groups is 1. The summed E-state index contributed by atoms with van der Waals surface area (Å²) in [5, 5.41) is 16.0. The molecule has 0 aliphatic carbocycles. The summed E-state index contributed by atoms with van der Waals surface area (Å²) >= 11 is 7.09. The van der Waals surface area contributed by atoms with Crippen molar-refractivity contribution in [3.05, 3.63) is 57.6 Å². The van der Waals surface area contributed by atoms with Gasteiger partial charge in [0.25, 0.3) is 0 Å². The second-order valence-electron chi connectivity index (χ2n) is 8.05. The molecule has 2 aromatic rings. The lowest BCUT2D eigenvalue weighted by atomic mass is 9.78. The Hall–Kier alpha value is -3.88. The number of nitrogens with one attached hydrogen (secondary N) is 2. The lowest BCUT2D eigenvalue weighted by Crippen LogP contribution is -2.44. The van der Waals surface area contributed by atoms with E-state index in [4.69, 9.17) is 30.5 Å². The number of halogens is 1. The van der Waals surface area contributed by atoms with Gasteiger partial charge in [-0.1, -0.05) is 41.6 Å². The van der Waals surface area contributed by atoms with Crippen molar-refractivity contribution in [3.63, 3.8) is 0 Å². The molecule has 1 heterocycles. The molecule has 0 saturated carbocycles. The topological polar surface area (TPSA) is 136 Å². The van der Waals surface area contributed by atoms with Crippen molar-refractivity contribution in [1.29, 1.82) is 5.26 Å². The molecule has 1 aliphatic heterocycles. The molecule has 2 unspecified atom stereocenters. The van der Waals surface area contributed by atoms with E-state index in [1.165, 1.54) is 26.4 Å². The number of anilines is 1. The van der Waals surface area contributed by atoms with Crippen molar-refractivity contribution < 1.29 is 33.3 Å². The predicted octanol–water partition coefficient (Wildman–Crippen LogP) is 4.26. The van der Waals surface area contributed by atoms with E-state index in [2.05, 4.69) is 16.7 Å². The van der Waals surface area contributed by atoms with E-state index in [-0.39, 0.29) is 23.0 Å². The third kappa shape index (κ3) is 6.77. The molecular formula is C27H28ClN3O7S. The number of esters is 1. The Labute approximate surface area is 235 Å². The minimum Gasteiger partial charge on any atom is -0.495 e. The number of carbonyl (C=O) groups is 3. The van der Waals surface area contributed by atoms with E-state index < -0.39 is 29.6 Å². The summed E-state index contributed by atoms with van der Waals surface area (Å²) in [5.74, 6) is -3.20. The largest absolute Gasteiger partial charge is 0.495 e.